The number of benzene rings is 2. The van der Waals surface area contributed by atoms with Crippen molar-refractivity contribution < 1.29 is 13.6 Å². The van der Waals surface area contributed by atoms with E-state index in [0.717, 1.165) is 17.7 Å². The third-order valence-corrected chi connectivity index (χ3v) is 4.97. The Hall–Kier alpha value is -3.22. The van der Waals surface area contributed by atoms with Gasteiger partial charge in [-0.15, -0.1) is 0 Å². The van der Waals surface area contributed by atoms with E-state index < -0.39 is 23.2 Å². The molecule has 5 nitrogen and oxygen atoms in total. The van der Waals surface area contributed by atoms with Crippen LogP contribution in [0.1, 0.15) is 37.1 Å². The molecule has 0 aliphatic heterocycles. The zero-order valence-corrected chi connectivity index (χ0v) is 15.8. The standard InChI is InChI=1S/C21H21F2N3O2/c1-12(14-7-5-4-6-8-14)25-21(28)26(3)13(2)17-11-24-20(27)16-10-19(23)18(22)9-15(16)17/h4-13H,1-3H3,(H,24,27)(H,25,28)/t12-,13?/m1/s1. The summed E-state index contributed by atoms with van der Waals surface area (Å²) in [5.41, 5.74) is 0.956. The highest BCUT2D eigenvalue weighted by molar-refractivity contribution is 5.86. The number of hydrogen-bond donors (Lipinski definition) is 2. The van der Waals surface area contributed by atoms with Gasteiger partial charge in [0.05, 0.1) is 17.5 Å². The molecule has 1 aromatic heterocycles. The van der Waals surface area contributed by atoms with Gasteiger partial charge in [0.25, 0.3) is 5.56 Å². The quantitative estimate of drug-likeness (QED) is 0.704. The van der Waals surface area contributed by atoms with Crippen LogP contribution in [0.3, 0.4) is 0 Å². The lowest BCUT2D eigenvalue weighted by Crippen LogP contribution is -2.40. The fourth-order valence-electron chi connectivity index (χ4n) is 3.11. The zero-order chi connectivity index (χ0) is 20.4. The molecule has 0 spiro atoms. The molecular weight excluding hydrogens is 364 g/mol. The Balaban J connectivity index is 1.88. The molecule has 0 saturated carbocycles. The van der Waals surface area contributed by atoms with Crippen LogP contribution in [0.4, 0.5) is 13.6 Å². The Morgan fingerprint density at radius 1 is 1.07 bits per heavy atom. The van der Waals surface area contributed by atoms with Crippen molar-refractivity contribution in [1.29, 1.82) is 0 Å². The first-order valence-electron chi connectivity index (χ1n) is 8.88. The average molecular weight is 385 g/mol. The molecule has 2 N–H and O–H groups in total. The number of halogens is 2. The Kier molecular flexibility index (Phi) is 5.44. The lowest BCUT2D eigenvalue weighted by Gasteiger charge is -2.28. The normalized spacial score (nSPS) is 13.2. The van der Waals surface area contributed by atoms with E-state index in [1.807, 2.05) is 37.3 Å². The lowest BCUT2D eigenvalue weighted by atomic mass is 10.0. The molecule has 1 unspecified atom stereocenters. The molecule has 28 heavy (non-hydrogen) atoms. The summed E-state index contributed by atoms with van der Waals surface area (Å²) in [7, 11) is 1.61. The van der Waals surface area contributed by atoms with Gasteiger partial charge in [-0.25, -0.2) is 13.6 Å². The first-order valence-corrected chi connectivity index (χ1v) is 8.88. The number of hydrogen-bond acceptors (Lipinski definition) is 2. The number of H-pyrrole nitrogens is 1. The molecule has 0 aliphatic rings. The summed E-state index contributed by atoms with van der Waals surface area (Å²) in [6, 6.07) is 10.4. The number of carbonyl (C=O) groups excluding carboxylic acids is 1. The first kappa shape index (κ1) is 19.5. The largest absolute Gasteiger partial charge is 0.331 e. The molecule has 146 valence electrons. The SMILES string of the molecule is CC(c1c[nH]c(=O)c2cc(F)c(F)cc12)N(C)C(=O)N[C@H](C)c1ccccc1. The third kappa shape index (κ3) is 3.74. The predicted molar refractivity (Wildman–Crippen MR) is 104 cm³/mol. The Morgan fingerprint density at radius 2 is 1.68 bits per heavy atom. The van der Waals surface area contributed by atoms with Gasteiger partial charge in [-0.05, 0) is 42.5 Å². The van der Waals surface area contributed by atoms with Crippen molar-refractivity contribution in [1.82, 2.24) is 15.2 Å². The molecule has 3 rings (SSSR count). The molecule has 3 aromatic rings. The van der Waals surface area contributed by atoms with E-state index in [9.17, 15) is 18.4 Å². The van der Waals surface area contributed by atoms with E-state index in [1.54, 1.807) is 14.0 Å². The highest BCUT2D eigenvalue weighted by Gasteiger charge is 2.22. The number of nitrogens with zero attached hydrogens (tertiary/aromatic N) is 1. The average Bonchev–Trinajstić information content (AvgIpc) is 2.69. The topological polar surface area (TPSA) is 65.2 Å². The Bertz CT molecular complexity index is 1070. The number of pyridine rings is 1. The Labute approximate surface area is 161 Å². The second-order valence-corrected chi connectivity index (χ2v) is 6.75. The predicted octanol–water partition coefficient (Wildman–Crippen LogP) is 4.27. The number of fused-ring (bicyclic) bond motifs is 1. The zero-order valence-electron chi connectivity index (χ0n) is 15.8. The summed E-state index contributed by atoms with van der Waals surface area (Å²) < 4.78 is 27.3. The van der Waals surface area contributed by atoms with Crippen LogP contribution in [-0.2, 0) is 0 Å². The molecule has 0 fully saturated rings. The van der Waals surface area contributed by atoms with Gasteiger partial charge < -0.3 is 15.2 Å². The number of nitrogens with one attached hydrogen (secondary N) is 2. The molecular formula is C21H21F2N3O2. The van der Waals surface area contributed by atoms with Crippen LogP contribution < -0.4 is 10.9 Å². The number of urea groups is 1. The highest BCUT2D eigenvalue weighted by atomic mass is 19.2. The Morgan fingerprint density at radius 3 is 2.32 bits per heavy atom. The molecule has 0 aliphatic carbocycles. The maximum absolute atomic E-state index is 13.8. The van der Waals surface area contributed by atoms with E-state index in [0.29, 0.717) is 5.56 Å². The minimum atomic E-state index is -1.09. The van der Waals surface area contributed by atoms with Gasteiger partial charge in [0.1, 0.15) is 0 Å². The molecule has 2 atom stereocenters. The van der Waals surface area contributed by atoms with Gasteiger partial charge in [0.15, 0.2) is 11.6 Å². The van der Waals surface area contributed by atoms with Crippen molar-refractivity contribution in [3.05, 3.63) is 81.8 Å². The number of carbonyl (C=O) groups is 1. The van der Waals surface area contributed by atoms with E-state index >= 15 is 0 Å². The highest BCUT2D eigenvalue weighted by Crippen LogP contribution is 2.27. The molecule has 2 aromatic carbocycles. The summed E-state index contributed by atoms with van der Waals surface area (Å²) in [5, 5.41) is 3.21. The fourth-order valence-corrected chi connectivity index (χ4v) is 3.11. The van der Waals surface area contributed by atoms with Crippen molar-refractivity contribution in [3.63, 3.8) is 0 Å². The molecule has 0 radical (unpaired) electrons. The molecule has 2 amide bonds. The van der Waals surface area contributed by atoms with Crippen LogP contribution >= 0.6 is 0 Å². The van der Waals surface area contributed by atoms with Crippen molar-refractivity contribution in [2.75, 3.05) is 7.05 Å². The van der Waals surface area contributed by atoms with Crippen LogP contribution in [0.25, 0.3) is 10.8 Å². The minimum absolute atomic E-state index is 0.0368. The molecule has 1 heterocycles. The van der Waals surface area contributed by atoms with Crippen LogP contribution in [0.2, 0.25) is 0 Å². The summed E-state index contributed by atoms with van der Waals surface area (Å²) in [6.45, 7) is 3.63. The first-order chi connectivity index (χ1) is 13.3. The van der Waals surface area contributed by atoms with Crippen LogP contribution in [0.15, 0.2) is 53.5 Å². The lowest BCUT2D eigenvalue weighted by molar-refractivity contribution is 0.191. The van der Waals surface area contributed by atoms with Crippen molar-refractivity contribution in [2.45, 2.75) is 25.9 Å². The minimum Gasteiger partial charge on any atom is -0.331 e. The van der Waals surface area contributed by atoms with Gasteiger partial charge in [0, 0.05) is 13.2 Å². The van der Waals surface area contributed by atoms with Crippen LogP contribution in [0.5, 0.6) is 0 Å². The molecule has 7 heteroatoms. The number of aromatic amines is 1. The van der Waals surface area contributed by atoms with E-state index in [2.05, 4.69) is 10.3 Å². The van der Waals surface area contributed by atoms with Crippen molar-refractivity contribution in [3.8, 4) is 0 Å². The maximum Gasteiger partial charge on any atom is 0.318 e. The second kappa shape index (κ2) is 7.80. The van der Waals surface area contributed by atoms with Crippen LogP contribution in [0, 0.1) is 11.6 Å². The van der Waals surface area contributed by atoms with Crippen LogP contribution in [-0.4, -0.2) is 23.0 Å². The van der Waals surface area contributed by atoms with Crippen molar-refractivity contribution >= 4 is 16.8 Å². The maximum atomic E-state index is 13.8. The summed E-state index contributed by atoms with van der Waals surface area (Å²) >= 11 is 0. The second-order valence-electron chi connectivity index (χ2n) is 6.75. The summed E-state index contributed by atoms with van der Waals surface area (Å²) in [4.78, 5) is 28.6. The molecule has 0 bridgehead atoms. The molecule has 0 saturated heterocycles. The monoisotopic (exact) mass is 385 g/mol. The van der Waals surface area contributed by atoms with Gasteiger partial charge in [0.2, 0.25) is 0 Å². The number of rotatable bonds is 4. The third-order valence-electron chi connectivity index (χ3n) is 4.97. The summed E-state index contributed by atoms with van der Waals surface area (Å²) in [5.74, 6) is -2.14. The van der Waals surface area contributed by atoms with Gasteiger partial charge in [-0.1, -0.05) is 30.3 Å². The van der Waals surface area contributed by atoms with E-state index in [1.165, 1.54) is 11.1 Å². The summed E-state index contributed by atoms with van der Waals surface area (Å²) in [6.07, 6.45) is 1.43. The van der Waals surface area contributed by atoms with E-state index in [4.69, 9.17) is 0 Å². The van der Waals surface area contributed by atoms with Gasteiger partial charge >= 0.3 is 6.03 Å². The number of amides is 2. The van der Waals surface area contributed by atoms with Gasteiger partial charge in [-0.3, -0.25) is 4.79 Å². The van der Waals surface area contributed by atoms with E-state index in [-0.39, 0.29) is 22.8 Å². The smallest absolute Gasteiger partial charge is 0.318 e. The van der Waals surface area contributed by atoms with Gasteiger partial charge in [-0.2, -0.15) is 0 Å². The van der Waals surface area contributed by atoms with Crippen molar-refractivity contribution in [2.24, 2.45) is 0 Å². The number of aromatic nitrogens is 1. The fraction of sp³-hybridized carbons (Fsp3) is 0.238.